The molecule has 0 amide bonds. The number of nitrogens with two attached hydrogens (primary N) is 4. The molecule has 0 aromatic heterocycles. The van der Waals surface area contributed by atoms with E-state index in [0.717, 1.165) is 22.3 Å². The fourth-order valence-electron chi connectivity index (χ4n) is 2.59. The Bertz CT molecular complexity index is 770. The fraction of sp³-hybridized carbons (Fsp3) is 0. The highest BCUT2D eigenvalue weighted by Crippen LogP contribution is 2.40. The predicted molar refractivity (Wildman–Crippen MR) is 95.0 cm³/mol. The van der Waals surface area contributed by atoms with Crippen LogP contribution in [-0.4, -0.2) is 0 Å². The Morgan fingerprint density at radius 2 is 0.773 bits per heavy atom. The molecule has 0 heterocycles. The van der Waals surface area contributed by atoms with Crippen molar-refractivity contribution in [2.75, 3.05) is 22.9 Å². The summed E-state index contributed by atoms with van der Waals surface area (Å²) in [6.07, 6.45) is 0. The van der Waals surface area contributed by atoms with Gasteiger partial charge in [-0.3, -0.25) is 0 Å². The SMILES string of the molecule is Nc1cccc(-c2ccccc2-c2cccc(N)c2N)c1N. The standard InChI is InChI=1S/C18H18N4/c19-15-9-3-7-13(17(15)21)11-5-1-2-6-12(11)14-8-4-10-16(20)18(14)22/h1-10H,19-22H2. The van der Waals surface area contributed by atoms with Crippen LogP contribution >= 0.6 is 0 Å². The first-order chi connectivity index (χ1) is 10.6. The molecule has 4 nitrogen and oxygen atoms in total. The zero-order valence-corrected chi connectivity index (χ0v) is 12.1. The molecule has 22 heavy (non-hydrogen) atoms. The average Bonchev–Trinajstić information content (AvgIpc) is 2.53. The monoisotopic (exact) mass is 290 g/mol. The highest BCUT2D eigenvalue weighted by atomic mass is 14.7. The Kier molecular flexibility index (Phi) is 3.35. The maximum Gasteiger partial charge on any atom is 0.0627 e. The largest absolute Gasteiger partial charge is 0.397 e. The summed E-state index contributed by atoms with van der Waals surface area (Å²) in [5.41, 5.74) is 30.1. The van der Waals surface area contributed by atoms with Gasteiger partial charge in [0.1, 0.15) is 0 Å². The minimum absolute atomic E-state index is 0.563. The summed E-state index contributed by atoms with van der Waals surface area (Å²) in [5.74, 6) is 0. The van der Waals surface area contributed by atoms with Gasteiger partial charge in [0.05, 0.1) is 22.7 Å². The molecule has 3 aromatic carbocycles. The molecule has 0 saturated heterocycles. The maximum atomic E-state index is 6.15. The van der Waals surface area contributed by atoms with Crippen LogP contribution in [0.1, 0.15) is 0 Å². The van der Waals surface area contributed by atoms with Crippen LogP contribution in [0.2, 0.25) is 0 Å². The number of nitrogen functional groups attached to an aromatic ring is 4. The van der Waals surface area contributed by atoms with Crippen molar-refractivity contribution in [2.45, 2.75) is 0 Å². The second-order valence-electron chi connectivity index (χ2n) is 5.16. The number of benzene rings is 3. The van der Waals surface area contributed by atoms with Gasteiger partial charge in [0.25, 0.3) is 0 Å². The van der Waals surface area contributed by atoms with E-state index in [9.17, 15) is 0 Å². The Balaban J connectivity index is 2.28. The highest BCUT2D eigenvalue weighted by molar-refractivity contribution is 5.96. The second-order valence-corrected chi connectivity index (χ2v) is 5.16. The van der Waals surface area contributed by atoms with Gasteiger partial charge in [0, 0.05) is 11.1 Å². The molecule has 110 valence electrons. The van der Waals surface area contributed by atoms with Gasteiger partial charge in [-0.25, -0.2) is 0 Å². The summed E-state index contributed by atoms with van der Waals surface area (Å²) < 4.78 is 0. The van der Waals surface area contributed by atoms with Gasteiger partial charge in [0.15, 0.2) is 0 Å². The summed E-state index contributed by atoms with van der Waals surface area (Å²) in [6.45, 7) is 0. The molecule has 0 fully saturated rings. The number of rotatable bonds is 2. The van der Waals surface area contributed by atoms with Crippen molar-refractivity contribution in [3.8, 4) is 22.3 Å². The molecular weight excluding hydrogens is 272 g/mol. The fourth-order valence-corrected chi connectivity index (χ4v) is 2.59. The average molecular weight is 290 g/mol. The van der Waals surface area contributed by atoms with Crippen molar-refractivity contribution in [3.05, 3.63) is 60.7 Å². The topological polar surface area (TPSA) is 104 Å². The normalized spacial score (nSPS) is 10.5. The lowest BCUT2D eigenvalue weighted by Gasteiger charge is -2.15. The lowest BCUT2D eigenvalue weighted by molar-refractivity contribution is 1.57. The first-order valence-electron chi connectivity index (χ1n) is 6.97. The third kappa shape index (κ3) is 2.20. The van der Waals surface area contributed by atoms with Gasteiger partial charge in [0.2, 0.25) is 0 Å². The van der Waals surface area contributed by atoms with Gasteiger partial charge >= 0.3 is 0 Å². The molecule has 0 unspecified atom stereocenters. The number of hydrogen-bond acceptors (Lipinski definition) is 4. The lowest BCUT2D eigenvalue weighted by atomic mass is 9.92. The summed E-state index contributed by atoms with van der Waals surface area (Å²) >= 11 is 0. The zero-order chi connectivity index (χ0) is 15.7. The molecule has 0 bridgehead atoms. The molecule has 3 aromatic rings. The van der Waals surface area contributed by atoms with Crippen LogP contribution in [0.15, 0.2) is 60.7 Å². The van der Waals surface area contributed by atoms with E-state index in [4.69, 9.17) is 22.9 Å². The van der Waals surface area contributed by atoms with Crippen molar-refractivity contribution < 1.29 is 0 Å². The summed E-state index contributed by atoms with van der Waals surface area (Å²) in [4.78, 5) is 0. The summed E-state index contributed by atoms with van der Waals surface area (Å²) in [5, 5.41) is 0. The van der Waals surface area contributed by atoms with Crippen molar-refractivity contribution in [3.63, 3.8) is 0 Å². The second kappa shape index (κ2) is 5.33. The quantitative estimate of drug-likeness (QED) is 0.543. The van der Waals surface area contributed by atoms with Gasteiger partial charge in [-0.1, -0.05) is 48.5 Å². The van der Waals surface area contributed by atoms with Crippen molar-refractivity contribution in [2.24, 2.45) is 0 Å². The van der Waals surface area contributed by atoms with Crippen LogP contribution in [0.5, 0.6) is 0 Å². The summed E-state index contributed by atoms with van der Waals surface area (Å²) in [6, 6.07) is 19.2. The number of hydrogen-bond donors (Lipinski definition) is 4. The van der Waals surface area contributed by atoms with E-state index in [1.807, 2.05) is 48.5 Å². The Labute approximate surface area is 129 Å². The molecule has 0 atom stereocenters. The van der Waals surface area contributed by atoms with Gasteiger partial charge in [-0.2, -0.15) is 0 Å². The van der Waals surface area contributed by atoms with E-state index >= 15 is 0 Å². The smallest absolute Gasteiger partial charge is 0.0627 e. The molecule has 0 aliphatic carbocycles. The third-order valence-electron chi connectivity index (χ3n) is 3.79. The van der Waals surface area contributed by atoms with Crippen molar-refractivity contribution in [1.82, 2.24) is 0 Å². The maximum absolute atomic E-state index is 6.15. The van der Waals surface area contributed by atoms with Crippen LogP contribution in [0.3, 0.4) is 0 Å². The highest BCUT2D eigenvalue weighted by Gasteiger charge is 2.13. The van der Waals surface area contributed by atoms with E-state index in [1.54, 1.807) is 12.1 Å². The van der Waals surface area contributed by atoms with E-state index in [2.05, 4.69) is 0 Å². The minimum atomic E-state index is 0.563. The van der Waals surface area contributed by atoms with Gasteiger partial charge < -0.3 is 22.9 Å². The predicted octanol–water partition coefficient (Wildman–Crippen LogP) is 3.35. The Morgan fingerprint density at radius 3 is 1.18 bits per heavy atom. The van der Waals surface area contributed by atoms with E-state index in [-0.39, 0.29) is 0 Å². The minimum Gasteiger partial charge on any atom is -0.397 e. The molecule has 0 aliphatic rings. The van der Waals surface area contributed by atoms with Crippen molar-refractivity contribution >= 4 is 22.7 Å². The van der Waals surface area contributed by atoms with Gasteiger partial charge in [-0.15, -0.1) is 0 Å². The van der Waals surface area contributed by atoms with E-state index in [1.165, 1.54) is 0 Å². The number of para-hydroxylation sites is 2. The van der Waals surface area contributed by atoms with Crippen LogP contribution in [0.25, 0.3) is 22.3 Å². The third-order valence-corrected chi connectivity index (χ3v) is 3.79. The molecule has 0 aliphatic heterocycles. The summed E-state index contributed by atoms with van der Waals surface area (Å²) in [7, 11) is 0. The van der Waals surface area contributed by atoms with Crippen LogP contribution in [0.4, 0.5) is 22.7 Å². The first-order valence-corrected chi connectivity index (χ1v) is 6.97. The lowest BCUT2D eigenvalue weighted by Crippen LogP contribution is -2.00. The molecule has 3 rings (SSSR count). The molecule has 0 radical (unpaired) electrons. The molecule has 0 spiro atoms. The Morgan fingerprint density at radius 1 is 0.409 bits per heavy atom. The molecule has 8 N–H and O–H groups in total. The molecular formula is C18H18N4. The van der Waals surface area contributed by atoms with E-state index < -0.39 is 0 Å². The van der Waals surface area contributed by atoms with E-state index in [0.29, 0.717) is 22.7 Å². The first kappa shape index (κ1) is 13.8. The van der Waals surface area contributed by atoms with Crippen LogP contribution in [-0.2, 0) is 0 Å². The zero-order valence-electron chi connectivity index (χ0n) is 12.1. The van der Waals surface area contributed by atoms with Gasteiger partial charge in [-0.05, 0) is 23.3 Å². The number of anilines is 4. The van der Waals surface area contributed by atoms with Crippen LogP contribution < -0.4 is 22.9 Å². The Hall–Kier alpha value is -3.14. The molecule has 4 heteroatoms. The van der Waals surface area contributed by atoms with Crippen LogP contribution in [0, 0.1) is 0 Å². The van der Waals surface area contributed by atoms with Crippen molar-refractivity contribution in [1.29, 1.82) is 0 Å². The molecule has 0 saturated carbocycles.